The van der Waals surface area contributed by atoms with Crippen LogP contribution in [-0.4, -0.2) is 36.7 Å². The van der Waals surface area contributed by atoms with Gasteiger partial charge in [-0.1, -0.05) is 12.5 Å². The molecule has 4 heterocycles. The maximum atomic E-state index is 12.8. The molecule has 4 rings (SSSR count). The zero-order valence-corrected chi connectivity index (χ0v) is 14.3. The Morgan fingerprint density at radius 1 is 1.12 bits per heavy atom. The highest BCUT2D eigenvalue weighted by Crippen LogP contribution is 2.32. The predicted octanol–water partition coefficient (Wildman–Crippen LogP) is 1.53. The van der Waals surface area contributed by atoms with Crippen molar-refractivity contribution in [1.29, 1.82) is 0 Å². The van der Waals surface area contributed by atoms with E-state index in [9.17, 15) is 9.59 Å². The van der Waals surface area contributed by atoms with Crippen molar-refractivity contribution < 1.29 is 4.79 Å². The molecule has 132 valence electrons. The Labute approximate surface area is 146 Å². The number of hydrogen-bond acceptors (Lipinski definition) is 4. The van der Waals surface area contributed by atoms with E-state index in [1.807, 2.05) is 4.90 Å². The van der Waals surface area contributed by atoms with E-state index < -0.39 is 0 Å². The molecule has 2 aromatic rings. The standard InChI is InChI=1S/C18H23N5O2/c24-16-9-3-5-10-21(16)13-17(25)22-12-6-7-14(22)18-20-19-15-8-2-1-4-11-23(15)18/h3,5,9-10,14H,1-2,4,6-8,11-13H2/t14-/m1/s1. The van der Waals surface area contributed by atoms with E-state index in [1.165, 1.54) is 17.1 Å². The van der Waals surface area contributed by atoms with Crippen LogP contribution in [0.15, 0.2) is 29.2 Å². The van der Waals surface area contributed by atoms with Gasteiger partial charge in [-0.3, -0.25) is 9.59 Å². The molecule has 7 nitrogen and oxygen atoms in total. The van der Waals surface area contributed by atoms with E-state index in [2.05, 4.69) is 14.8 Å². The van der Waals surface area contributed by atoms with Crippen LogP contribution in [0.2, 0.25) is 0 Å². The summed E-state index contributed by atoms with van der Waals surface area (Å²) in [5.74, 6) is 1.94. The van der Waals surface area contributed by atoms with Gasteiger partial charge in [-0.15, -0.1) is 10.2 Å². The van der Waals surface area contributed by atoms with E-state index in [4.69, 9.17) is 0 Å². The summed E-state index contributed by atoms with van der Waals surface area (Å²) in [6.07, 6.45) is 8.00. The average Bonchev–Trinajstić information content (AvgIpc) is 3.18. The summed E-state index contributed by atoms with van der Waals surface area (Å²) in [6.45, 7) is 1.73. The molecule has 1 fully saturated rings. The van der Waals surface area contributed by atoms with Crippen LogP contribution < -0.4 is 5.56 Å². The van der Waals surface area contributed by atoms with Gasteiger partial charge in [-0.05, 0) is 31.7 Å². The third-order valence-electron chi connectivity index (χ3n) is 5.21. The number of carbonyl (C=O) groups excluding carboxylic acids is 1. The molecule has 1 atom stereocenters. The smallest absolute Gasteiger partial charge is 0.250 e. The summed E-state index contributed by atoms with van der Waals surface area (Å²) < 4.78 is 3.68. The number of fused-ring (bicyclic) bond motifs is 1. The van der Waals surface area contributed by atoms with Gasteiger partial charge in [0.05, 0.1) is 6.04 Å². The quantitative estimate of drug-likeness (QED) is 0.849. The molecular formula is C18H23N5O2. The molecule has 0 bridgehead atoms. The lowest BCUT2D eigenvalue weighted by atomic mass is 10.2. The van der Waals surface area contributed by atoms with E-state index in [0.29, 0.717) is 6.54 Å². The summed E-state index contributed by atoms with van der Waals surface area (Å²) >= 11 is 0. The second-order valence-electron chi connectivity index (χ2n) is 6.85. The molecule has 0 radical (unpaired) electrons. The molecule has 2 aromatic heterocycles. The molecule has 25 heavy (non-hydrogen) atoms. The monoisotopic (exact) mass is 341 g/mol. The predicted molar refractivity (Wildman–Crippen MR) is 92.0 cm³/mol. The molecule has 0 saturated carbocycles. The molecule has 0 aromatic carbocycles. The second kappa shape index (κ2) is 6.82. The second-order valence-corrected chi connectivity index (χ2v) is 6.85. The van der Waals surface area contributed by atoms with E-state index in [0.717, 1.165) is 50.3 Å². The van der Waals surface area contributed by atoms with Crippen LogP contribution >= 0.6 is 0 Å². The number of aromatic nitrogens is 4. The number of hydrogen-bond donors (Lipinski definition) is 0. The van der Waals surface area contributed by atoms with Gasteiger partial charge in [-0.2, -0.15) is 0 Å². The number of pyridine rings is 1. The molecule has 0 unspecified atom stereocenters. The van der Waals surface area contributed by atoms with Gasteiger partial charge >= 0.3 is 0 Å². The van der Waals surface area contributed by atoms with E-state index in [1.54, 1.807) is 18.3 Å². The van der Waals surface area contributed by atoms with Crippen LogP contribution in [0.4, 0.5) is 0 Å². The molecule has 0 spiro atoms. The lowest BCUT2D eigenvalue weighted by molar-refractivity contribution is -0.133. The van der Waals surface area contributed by atoms with Crippen LogP contribution in [0.5, 0.6) is 0 Å². The van der Waals surface area contributed by atoms with Crippen molar-refractivity contribution in [2.75, 3.05) is 6.54 Å². The maximum Gasteiger partial charge on any atom is 0.250 e. The fraction of sp³-hybridized carbons (Fsp3) is 0.556. The molecule has 7 heteroatoms. The molecule has 1 saturated heterocycles. The Hall–Kier alpha value is -2.44. The van der Waals surface area contributed by atoms with Crippen LogP contribution in [0.1, 0.15) is 49.8 Å². The van der Waals surface area contributed by atoms with Crippen LogP contribution in [-0.2, 0) is 24.3 Å². The van der Waals surface area contributed by atoms with Crippen LogP contribution in [0.3, 0.4) is 0 Å². The summed E-state index contributed by atoms with van der Waals surface area (Å²) in [5, 5.41) is 8.80. The Morgan fingerprint density at radius 3 is 2.92 bits per heavy atom. The lowest BCUT2D eigenvalue weighted by Gasteiger charge is -2.25. The third kappa shape index (κ3) is 3.10. The number of carbonyl (C=O) groups is 1. The fourth-order valence-electron chi connectivity index (χ4n) is 3.92. The van der Waals surface area contributed by atoms with E-state index in [-0.39, 0.29) is 24.1 Å². The van der Waals surface area contributed by atoms with Crippen molar-refractivity contribution in [3.63, 3.8) is 0 Å². The minimum absolute atomic E-state index is 0.0220. The first-order chi connectivity index (χ1) is 12.2. The largest absolute Gasteiger partial charge is 0.331 e. The molecule has 0 N–H and O–H groups in total. The van der Waals surface area contributed by atoms with Crippen LogP contribution in [0.25, 0.3) is 0 Å². The minimum Gasteiger partial charge on any atom is -0.331 e. The van der Waals surface area contributed by atoms with E-state index >= 15 is 0 Å². The maximum absolute atomic E-state index is 12.8. The summed E-state index contributed by atoms with van der Waals surface area (Å²) in [7, 11) is 0. The van der Waals surface area contributed by atoms with Gasteiger partial charge in [0.25, 0.3) is 5.56 Å². The fourth-order valence-corrected chi connectivity index (χ4v) is 3.92. The normalized spacial score (nSPS) is 20.3. The third-order valence-corrected chi connectivity index (χ3v) is 5.21. The van der Waals surface area contributed by atoms with Gasteiger partial charge in [0, 0.05) is 31.8 Å². The van der Waals surface area contributed by atoms with Gasteiger partial charge < -0.3 is 14.0 Å². The Bertz CT molecular complexity index is 825. The first-order valence-electron chi connectivity index (χ1n) is 9.11. The Morgan fingerprint density at radius 2 is 2.04 bits per heavy atom. The highest BCUT2D eigenvalue weighted by atomic mass is 16.2. The molecule has 1 amide bonds. The van der Waals surface area contributed by atoms with Crippen molar-refractivity contribution in [3.8, 4) is 0 Å². The van der Waals surface area contributed by atoms with Crippen molar-refractivity contribution in [2.45, 2.75) is 57.7 Å². The number of amides is 1. The zero-order chi connectivity index (χ0) is 17.2. The van der Waals surface area contributed by atoms with Gasteiger partial charge in [0.15, 0.2) is 5.82 Å². The van der Waals surface area contributed by atoms with Crippen molar-refractivity contribution in [2.24, 2.45) is 0 Å². The zero-order valence-electron chi connectivity index (χ0n) is 14.3. The first-order valence-corrected chi connectivity index (χ1v) is 9.11. The number of rotatable bonds is 3. The number of nitrogens with zero attached hydrogens (tertiary/aromatic N) is 5. The minimum atomic E-state index is -0.150. The highest BCUT2D eigenvalue weighted by molar-refractivity contribution is 5.76. The van der Waals surface area contributed by atoms with Crippen molar-refractivity contribution >= 4 is 5.91 Å². The van der Waals surface area contributed by atoms with Crippen molar-refractivity contribution in [3.05, 3.63) is 46.4 Å². The summed E-state index contributed by atoms with van der Waals surface area (Å²) in [5.41, 5.74) is -0.150. The molecular weight excluding hydrogens is 318 g/mol. The van der Waals surface area contributed by atoms with Gasteiger partial charge in [0.2, 0.25) is 5.91 Å². The Balaban J connectivity index is 1.57. The van der Waals surface area contributed by atoms with Crippen molar-refractivity contribution in [1.82, 2.24) is 24.2 Å². The van der Waals surface area contributed by atoms with Gasteiger partial charge in [0.1, 0.15) is 12.4 Å². The SMILES string of the molecule is O=C(Cn1ccccc1=O)N1CCC[C@@H]1c1nnc2n1CCCCC2. The van der Waals surface area contributed by atoms with Crippen LogP contribution in [0, 0.1) is 0 Å². The summed E-state index contributed by atoms with van der Waals surface area (Å²) in [4.78, 5) is 26.6. The Kier molecular flexibility index (Phi) is 4.38. The first kappa shape index (κ1) is 16.1. The average molecular weight is 341 g/mol. The van der Waals surface area contributed by atoms with Gasteiger partial charge in [-0.25, -0.2) is 0 Å². The lowest BCUT2D eigenvalue weighted by Crippen LogP contribution is -2.36. The highest BCUT2D eigenvalue weighted by Gasteiger charge is 2.34. The number of likely N-dealkylation sites (tertiary alicyclic amines) is 1. The molecule has 0 aliphatic carbocycles. The summed E-state index contributed by atoms with van der Waals surface area (Å²) in [6, 6.07) is 4.92. The number of aryl methyl sites for hydroxylation is 1. The molecule has 2 aliphatic heterocycles. The molecule has 2 aliphatic rings. The topological polar surface area (TPSA) is 73.0 Å².